The fourth-order valence-corrected chi connectivity index (χ4v) is 4.62. The average Bonchev–Trinajstić information content (AvgIpc) is 3.21. The molecule has 0 atom stereocenters. The predicted molar refractivity (Wildman–Crippen MR) is 156 cm³/mol. The van der Waals surface area contributed by atoms with E-state index < -0.39 is 0 Å². The summed E-state index contributed by atoms with van der Waals surface area (Å²) in [5, 5.41) is 23.3. The summed E-state index contributed by atoms with van der Waals surface area (Å²) in [4.78, 5) is 0. The lowest BCUT2D eigenvalue weighted by Gasteiger charge is -2.14. The first-order chi connectivity index (χ1) is 19.1. The highest BCUT2D eigenvalue weighted by molar-refractivity contribution is 5.99. The summed E-state index contributed by atoms with van der Waals surface area (Å²) in [6, 6.07) is 21.6. The smallest absolute Gasteiger partial charge is 0.206 e. The summed E-state index contributed by atoms with van der Waals surface area (Å²) < 4.78 is 19.7. The topological polar surface area (TPSA) is 73.1 Å². The van der Waals surface area contributed by atoms with Crippen LogP contribution in [0.4, 0.5) is 0 Å². The molecule has 6 nitrogen and oxygen atoms in total. The number of benzene rings is 3. The fraction of sp³-hybridized carbons (Fsp3) is 0.394. The Morgan fingerprint density at radius 2 is 1.36 bits per heavy atom. The maximum Gasteiger partial charge on any atom is 0.206 e. The van der Waals surface area contributed by atoms with Crippen LogP contribution in [-0.4, -0.2) is 28.0 Å². The summed E-state index contributed by atoms with van der Waals surface area (Å²) in [6.45, 7) is 6.36. The van der Waals surface area contributed by atoms with Crippen LogP contribution in [0.15, 0.2) is 66.7 Å². The molecular formula is C33H41NO5. The number of unbranched alkanes of at least 4 members (excludes halogenated alkanes) is 4. The minimum Gasteiger partial charge on any atom is -0.494 e. The van der Waals surface area contributed by atoms with Crippen molar-refractivity contribution in [3.05, 3.63) is 77.9 Å². The summed E-state index contributed by atoms with van der Waals surface area (Å²) >= 11 is 0. The number of rotatable bonds is 16. The zero-order valence-corrected chi connectivity index (χ0v) is 23.2. The minimum atomic E-state index is -0.00480. The normalized spacial score (nSPS) is 11.1. The van der Waals surface area contributed by atoms with Crippen molar-refractivity contribution >= 4 is 10.8 Å². The summed E-state index contributed by atoms with van der Waals surface area (Å²) in [5.41, 5.74) is 2.20. The second-order valence-corrected chi connectivity index (χ2v) is 9.89. The molecule has 0 fully saturated rings. The molecule has 0 aliphatic carbocycles. The Hall–Kier alpha value is -3.80. The molecule has 0 aliphatic rings. The number of ether oxygens (including phenoxy) is 3. The van der Waals surface area contributed by atoms with Crippen molar-refractivity contribution in [3.8, 4) is 29.0 Å². The Morgan fingerprint density at radius 3 is 2.05 bits per heavy atom. The second kappa shape index (κ2) is 14.4. The van der Waals surface area contributed by atoms with Crippen LogP contribution in [-0.2, 0) is 19.6 Å². The van der Waals surface area contributed by atoms with Crippen LogP contribution < -0.4 is 14.2 Å². The van der Waals surface area contributed by atoms with Gasteiger partial charge in [0.15, 0.2) is 11.5 Å². The fourth-order valence-electron chi connectivity index (χ4n) is 4.62. The molecule has 3 aromatic carbocycles. The van der Waals surface area contributed by atoms with Crippen LogP contribution in [0.3, 0.4) is 0 Å². The summed E-state index contributed by atoms with van der Waals surface area (Å²) in [5.74, 6) is 1.94. The number of hydrogen-bond donors (Lipinski definition) is 2. The highest BCUT2D eigenvalue weighted by Crippen LogP contribution is 2.46. The summed E-state index contributed by atoms with van der Waals surface area (Å²) in [7, 11) is 0. The molecule has 208 valence electrons. The lowest BCUT2D eigenvalue weighted by Crippen LogP contribution is -2.03. The van der Waals surface area contributed by atoms with Gasteiger partial charge >= 0.3 is 0 Å². The molecule has 4 rings (SSSR count). The van der Waals surface area contributed by atoms with Crippen LogP contribution in [0, 0.1) is 0 Å². The van der Waals surface area contributed by atoms with Gasteiger partial charge in [-0.1, -0.05) is 82.0 Å². The van der Waals surface area contributed by atoms with E-state index in [0.717, 1.165) is 55.4 Å². The number of hydrogen-bond acceptors (Lipinski definition) is 5. The van der Waals surface area contributed by atoms with Gasteiger partial charge in [-0.2, -0.15) is 0 Å². The molecule has 2 N–H and O–H groups in total. The molecular weight excluding hydrogens is 490 g/mol. The van der Waals surface area contributed by atoms with Gasteiger partial charge in [0.2, 0.25) is 11.8 Å². The third-order valence-electron chi connectivity index (χ3n) is 6.89. The quantitative estimate of drug-likeness (QED) is 0.143. The highest BCUT2D eigenvalue weighted by Gasteiger charge is 2.23. The average molecular weight is 532 g/mol. The van der Waals surface area contributed by atoms with Gasteiger partial charge in [-0.25, -0.2) is 0 Å². The Morgan fingerprint density at radius 1 is 0.667 bits per heavy atom. The molecule has 39 heavy (non-hydrogen) atoms. The molecule has 0 unspecified atom stereocenters. The van der Waals surface area contributed by atoms with Gasteiger partial charge in [-0.3, -0.25) is 4.57 Å². The van der Waals surface area contributed by atoms with Gasteiger partial charge in [0.1, 0.15) is 12.4 Å². The first-order valence-corrected chi connectivity index (χ1v) is 14.2. The standard InChI is InChI=1S/C33H41NO5/c1-3-5-10-22-37-29-19-18-28-30(31(29)38-23-11-6-4-2)33(36)34(32(28)35)21-20-25-14-16-27(17-15-25)39-24-26-12-8-7-9-13-26/h7-9,12-19,35-36H,3-6,10-11,20-24H2,1-2H3. The van der Waals surface area contributed by atoms with Crippen molar-refractivity contribution in [1.82, 2.24) is 4.57 Å². The van der Waals surface area contributed by atoms with E-state index in [0.29, 0.717) is 55.1 Å². The van der Waals surface area contributed by atoms with Crippen molar-refractivity contribution in [2.24, 2.45) is 0 Å². The van der Waals surface area contributed by atoms with Crippen LogP contribution in [0.5, 0.6) is 29.0 Å². The van der Waals surface area contributed by atoms with Gasteiger partial charge in [-0.15, -0.1) is 0 Å². The Balaban J connectivity index is 1.48. The van der Waals surface area contributed by atoms with Crippen LogP contribution in [0.25, 0.3) is 10.8 Å². The van der Waals surface area contributed by atoms with Crippen LogP contribution in [0.2, 0.25) is 0 Å². The highest BCUT2D eigenvalue weighted by atomic mass is 16.5. The van der Waals surface area contributed by atoms with E-state index in [2.05, 4.69) is 13.8 Å². The van der Waals surface area contributed by atoms with Crippen molar-refractivity contribution in [2.75, 3.05) is 13.2 Å². The van der Waals surface area contributed by atoms with Gasteiger partial charge in [0.25, 0.3) is 0 Å². The van der Waals surface area contributed by atoms with Crippen LogP contribution in [0.1, 0.15) is 63.5 Å². The molecule has 0 amide bonds. The van der Waals surface area contributed by atoms with Crippen molar-refractivity contribution in [1.29, 1.82) is 0 Å². The van der Waals surface area contributed by atoms with E-state index in [4.69, 9.17) is 14.2 Å². The van der Waals surface area contributed by atoms with E-state index in [1.54, 1.807) is 10.6 Å². The van der Waals surface area contributed by atoms with Crippen molar-refractivity contribution < 1.29 is 24.4 Å². The number of aryl methyl sites for hydroxylation is 1. The molecule has 0 saturated heterocycles. The largest absolute Gasteiger partial charge is 0.494 e. The molecule has 0 saturated carbocycles. The second-order valence-electron chi connectivity index (χ2n) is 9.89. The number of aromatic nitrogens is 1. The molecule has 0 aliphatic heterocycles. The van der Waals surface area contributed by atoms with Gasteiger partial charge in [0, 0.05) is 6.54 Å². The minimum absolute atomic E-state index is 0.00480. The number of aromatic hydroxyl groups is 2. The SMILES string of the molecule is CCCCCOc1ccc2c(O)n(CCc3ccc(OCc4ccccc4)cc3)c(O)c2c1OCCCCC. The van der Waals surface area contributed by atoms with Gasteiger partial charge in [0.05, 0.1) is 24.0 Å². The van der Waals surface area contributed by atoms with Crippen molar-refractivity contribution in [3.63, 3.8) is 0 Å². The predicted octanol–water partition coefficient (Wildman–Crippen LogP) is 8.01. The maximum atomic E-state index is 11.2. The van der Waals surface area contributed by atoms with E-state index in [9.17, 15) is 10.2 Å². The van der Waals surface area contributed by atoms with Gasteiger partial charge < -0.3 is 24.4 Å². The lowest BCUT2D eigenvalue weighted by atomic mass is 10.1. The third-order valence-corrected chi connectivity index (χ3v) is 6.89. The van der Waals surface area contributed by atoms with Gasteiger partial charge in [-0.05, 0) is 54.7 Å². The first-order valence-electron chi connectivity index (χ1n) is 14.2. The number of fused-ring (bicyclic) bond motifs is 1. The molecule has 0 bridgehead atoms. The maximum absolute atomic E-state index is 11.2. The van der Waals surface area contributed by atoms with E-state index in [1.165, 1.54) is 0 Å². The Labute approximate surface area is 231 Å². The number of nitrogens with zero attached hydrogens (tertiary/aromatic N) is 1. The lowest BCUT2D eigenvalue weighted by molar-refractivity contribution is 0.261. The van der Waals surface area contributed by atoms with Crippen LogP contribution >= 0.6 is 0 Å². The molecule has 0 radical (unpaired) electrons. The Kier molecular flexibility index (Phi) is 10.4. The molecule has 1 aromatic heterocycles. The van der Waals surface area contributed by atoms with Crippen molar-refractivity contribution in [2.45, 2.75) is 71.9 Å². The molecule has 1 heterocycles. The molecule has 0 spiro atoms. The molecule has 6 heteroatoms. The first kappa shape index (κ1) is 28.2. The monoisotopic (exact) mass is 531 g/mol. The zero-order valence-electron chi connectivity index (χ0n) is 23.2. The summed E-state index contributed by atoms with van der Waals surface area (Å²) in [6.07, 6.45) is 6.88. The van der Waals surface area contributed by atoms with E-state index in [-0.39, 0.29) is 11.8 Å². The van der Waals surface area contributed by atoms with E-state index >= 15 is 0 Å². The Bertz CT molecular complexity index is 1300. The third kappa shape index (κ3) is 7.41. The zero-order chi connectivity index (χ0) is 27.5. The van der Waals surface area contributed by atoms with E-state index in [1.807, 2.05) is 60.7 Å². The molecule has 4 aromatic rings.